The topological polar surface area (TPSA) is 99.9 Å². The van der Waals surface area contributed by atoms with Crippen molar-refractivity contribution in [2.24, 2.45) is 5.92 Å². The largest absolute Gasteiger partial charge is 0.337 e. The fourth-order valence-corrected chi connectivity index (χ4v) is 4.77. The van der Waals surface area contributed by atoms with E-state index in [1.165, 1.54) is 34.0 Å². The highest BCUT2D eigenvalue weighted by atomic mass is 32.2. The van der Waals surface area contributed by atoms with Crippen LogP contribution in [0.1, 0.15) is 18.7 Å². The Labute approximate surface area is 162 Å². The molecule has 27 heavy (non-hydrogen) atoms. The van der Waals surface area contributed by atoms with Crippen LogP contribution in [0.2, 0.25) is 0 Å². The quantitative estimate of drug-likeness (QED) is 0.707. The van der Waals surface area contributed by atoms with Gasteiger partial charge in [-0.05, 0) is 24.3 Å². The zero-order chi connectivity index (χ0) is 19.6. The average molecular weight is 414 g/mol. The molecule has 3 rings (SSSR count). The molecule has 1 amide bonds. The Bertz CT molecular complexity index is 871. The molecule has 0 unspecified atom stereocenters. The first kappa shape index (κ1) is 19.9. The molecule has 0 atom stereocenters. The second-order valence-corrected chi connectivity index (χ2v) is 9.74. The number of aromatic nitrogens is 2. The van der Waals surface area contributed by atoms with Gasteiger partial charge in [-0.1, -0.05) is 11.2 Å². The van der Waals surface area contributed by atoms with Crippen LogP contribution in [-0.4, -0.2) is 72.2 Å². The lowest BCUT2D eigenvalue weighted by Crippen LogP contribution is -2.47. The Hall–Kier alpha value is -1.82. The number of hydrogen-bond donors (Lipinski definition) is 0. The maximum atomic E-state index is 12.7. The number of thiophene rings is 1. The van der Waals surface area contributed by atoms with Crippen LogP contribution in [0.15, 0.2) is 22.0 Å². The van der Waals surface area contributed by atoms with Crippen molar-refractivity contribution in [2.75, 3.05) is 34.2 Å². The second kappa shape index (κ2) is 8.05. The monoisotopic (exact) mass is 413 g/mol. The molecule has 3 heterocycles. The maximum Gasteiger partial charge on any atom is 0.281 e. The molecule has 11 heteroatoms. The Kier molecular flexibility index (Phi) is 5.94. The van der Waals surface area contributed by atoms with Crippen LogP contribution in [0.5, 0.6) is 0 Å². The van der Waals surface area contributed by atoms with Gasteiger partial charge in [-0.2, -0.15) is 22.0 Å². The lowest BCUT2D eigenvalue weighted by molar-refractivity contribution is -0.136. The van der Waals surface area contributed by atoms with Crippen molar-refractivity contribution in [2.45, 2.75) is 19.4 Å². The standard InChI is InChI=1S/C16H23N5O4S2/c1-19(2)27(23,24)21-8-6-12(7-9-21)16(22)20(3)11-14-17-15(18-25-14)13-5-4-10-26-13/h4-5,10,12H,6-9,11H2,1-3H3. The number of nitrogens with zero attached hydrogens (tertiary/aromatic N) is 5. The molecule has 148 valence electrons. The first-order chi connectivity index (χ1) is 12.8. The van der Waals surface area contributed by atoms with Gasteiger partial charge < -0.3 is 9.42 Å². The van der Waals surface area contributed by atoms with Gasteiger partial charge in [0.2, 0.25) is 17.6 Å². The van der Waals surface area contributed by atoms with Gasteiger partial charge in [-0.3, -0.25) is 4.79 Å². The SMILES string of the molecule is CN(Cc1nc(-c2cccs2)no1)C(=O)C1CCN(S(=O)(=O)N(C)C)CC1. The molecule has 0 bridgehead atoms. The molecule has 0 radical (unpaired) electrons. The zero-order valence-electron chi connectivity index (χ0n) is 15.5. The molecule has 0 N–H and O–H groups in total. The molecular weight excluding hydrogens is 390 g/mol. The number of piperidine rings is 1. The summed E-state index contributed by atoms with van der Waals surface area (Å²) in [6, 6.07) is 3.82. The van der Waals surface area contributed by atoms with E-state index in [9.17, 15) is 13.2 Å². The second-order valence-electron chi connectivity index (χ2n) is 6.65. The Morgan fingerprint density at radius 3 is 2.63 bits per heavy atom. The molecule has 1 saturated heterocycles. The summed E-state index contributed by atoms with van der Waals surface area (Å²) in [5, 5.41) is 5.88. The van der Waals surface area contributed by atoms with E-state index in [1.54, 1.807) is 11.9 Å². The Morgan fingerprint density at radius 2 is 2.04 bits per heavy atom. The van der Waals surface area contributed by atoms with Crippen LogP contribution < -0.4 is 0 Å². The van der Waals surface area contributed by atoms with Crippen LogP contribution in [0.25, 0.3) is 10.7 Å². The predicted molar refractivity (Wildman–Crippen MR) is 101 cm³/mol. The van der Waals surface area contributed by atoms with E-state index in [2.05, 4.69) is 10.1 Å². The third kappa shape index (κ3) is 4.37. The van der Waals surface area contributed by atoms with Gasteiger partial charge in [0.1, 0.15) is 0 Å². The van der Waals surface area contributed by atoms with Crippen molar-refractivity contribution in [1.82, 2.24) is 23.7 Å². The summed E-state index contributed by atoms with van der Waals surface area (Å²) in [6.07, 6.45) is 1.00. The summed E-state index contributed by atoms with van der Waals surface area (Å²) in [7, 11) is 1.29. The maximum absolute atomic E-state index is 12.7. The smallest absolute Gasteiger partial charge is 0.281 e. The van der Waals surface area contributed by atoms with E-state index in [0.717, 1.165) is 4.88 Å². The van der Waals surface area contributed by atoms with E-state index >= 15 is 0 Å². The molecule has 2 aromatic rings. The van der Waals surface area contributed by atoms with Crippen LogP contribution in [0.4, 0.5) is 0 Å². The average Bonchev–Trinajstić information content (AvgIpc) is 3.32. The van der Waals surface area contributed by atoms with E-state index in [4.69, 9.17) is 4.52 Å². The van der Waals surface area contributed by atoms with Crippen molar-refractivity contribution in [1.29, 1.82) is 0 Å². The third-order valence-electron chi connectivity index (χ3n) is 4.55. The molecule has 0 spiro atoms. The lowest BCUT2D eigenvalue weighted by Gasteiger charge is -2.33. The molecular formula is C16H23N5O4S2. The molecule has 2 aromatic heterocycles. The Balaban J connectivity index is 1.56. The first-order valence-electron chi connectivity index (χ1n) is 8.58. The molecule has 0 saturated carbocycles. The normalized spacial score (nSPS) is 16.7. The zero-order valence-corrected chi connectivity index (χ0v) is 17.2. The first-order valence-corrected chi connectivity index (χ1v) is 10.9. The van der Waals surface area contributed by atoms with Gasteiger partial charge in [0, 0.05) is 40.2 Å². The van der Waals surface area contributed by atoms with Gasteiger partial charge in [0.15, 0.2) is 0 Å². The van der Waals surface area contributed by atoms with Gasteiger partial charge in [-0.25, -0.2) is 0 Å². The van der Waals surface area contributed by atoms with Crippen LogP contribution >= 0.6 is 11.3 Å². The van der Waals surface area contributed by atoms with Crippen LogP contribution in [0, 0.1) is 5.92 Å². The summed E-state index contributed by atoms with van der Waals surface area (Å²) in [4.78, 5) is 19.5. The highest BCUT2D eigenvalue weighted by Crippen LogP contribution is 2.24. The van der Waals surface area contributed by atoms with Crippen molar-refractivity contribution in [3.05, 3.63) is 23.4 Å². The summed E-state index contributed by atoms with van der Waals surface area (Å²) in [5.41, 5.74) is 0. The Morgan fingerprint density at radius 1 is 1.33 bits per heavy atom. The van der Waals surface area contributed by atoms with Gasteiger partial charge in [0.05, 0.1) is 11.4 Å². The molecule has 1 fully saturated rings. The fraction of sp³-hybridized carbons (Fsp3) is 0.562. The van der Waals surface area contributed by atoms with E-state index in [1.807, 2.05) is 17.5 Å². The number of carbonyl (C=O) groups is 1. The minimum absolute atomic E-state index is 0.0345. The molecule has 9 nitrogen and oxygen atoms in total. The number of carbonyl (C=O) groups excluding carboxylic acids is 1. The molecule has 0 aliphatic carbocycles. The highest BCUT2D eigenvalue weighted by Gasteiger charge is 2.33. The van der Waals surface area contributed by atoms with E-state index in [-0.39, 0.29) is 18.4 Å². The predicted octanol–water partition coefficient (Wildman–Crippen LogP) is 1.27. The van der Waals surface area contributed by atoms with Gasteiger partial charge in [-0.15, -0.1) is 11.3 Å². The van der Waals surface area contributed by atoms with Crippen molar-refractivity contribution in [3.63, 3.8) is 0 Å². The number of rotatable bonds is 6. The highest BCUT2D eigenvalue weighted by molar-refractivity contribution is 7.86. The molecule has 0 aromatic carbocycles. The molecule has 1 aliphatic heterocycles. The summed E-state index contributed by atoms with van der Waals surface area (Å²) in [6.45, 7) is 0.912. The number of amides is 1. The van der Waals surface area contributed by atoms with Crippen LogP contribution in [-0.2, 0) is 21.5 Å². The van der Waals surface area contributed by atoms with Crippen LogP contribution in [0.3, 0.4) is 0 Å². The third-order valence-corrected chi connectivity index (χ3v) is 7.36. The minimum atomic E-state index is -3.43. The van der Waals surface area contributed by atoms with Crippen molar-refractivity contribution < 1.29 is 17.7 Å². The fourth-order valence-electron chi connectivity index (χ4n) is 2.98. The van der Waals surface area contributed by atoms with E-state index in [0.29, 0.717) is 37.6 Å². The lowest BCUT2D eigenvalue weighted by atomic mass is 9.97. The number of hydrogen-bond acceptors (Lipinski definition) is 7. The van der Waals surface area contributed by atoms with E-state index < -0.39 is 10.2 Å². The van der Waals surface area contributed by atoms with Gasteiger partial charge in [0.25, 0.3) is 10.2 Å². The van der Waals surface area contributed by atoms with Gasteiger partial charge >= 0.3 is 0 Å². The summed E-state index contributed by atoms with van der Waals surface area (Å²) >= 11 is 1.52. The van der Waals surface area contributed by atoms with Crippen molar-refractivity contribution >= 4 is 27.5 Å². The summed E-state index contributed by atoms with van der Waals surface area (Å²) in [5.74, 6) is 0.654. The minimum Gasteiger partial charge on any atom is -0.337 e. The van der Waals surface area contributed by atoms with Crippen molar-refractivity contribution in [3.8, 4) is 10.7 Å². The molecule has 1 aliphatic rings. The summed E-state index contributed by atoms with van der Waals surface area (Å²) < 4.78 is 32.2.